The summed E-state index contributed by atoms with van der Waals surface area (Å²) in [5, 5.41) is 0. The number of rotatable bonds is 1. The average molecular weight is 400 g/mol. The van der Waals surface area contributed by atoms with Gasteiger partial charge in [-0.2, -0.15) is 0 Å². The van der Waals surface area contributed by atoms with Gasteiger partial charge in [-0.25, -0.2) is 4.90 Å². The van der Waals surface area contributed by atoms with Gasteiger partial charge >= 0.3 is 0 Å². The Balaban J connectivity index is 1.75. The Hall–Kier alpha value is -0.750. The van der Waals surface area contributed by atoms with Crippen molar-refractivity contribution in [1.82, 2.24) is 4.98 Å². The van der Waals surface area contributed by atoms with Gasteiger partial charge in [0.1, 0.15) is 0 Å². The molecule has 6 heteroatoms. The van der Waals surface area contributed by atoms with Gasteiger partial charge in [0.15, 0.2) is 0 Å². The van der Waals surface area contributed by atoms with Crippen molar-refractivity contribution < 1.29 is 9.59 Å². The van der Waals surface area contributed by atoms with Crippen LogP contribution in [-0.2, 0) is 9.59 Å². The molecule has 1 saturated heterocycles. The van der Waals surface area contributed by atoms with Crippen LogP contribution < -0.4 is 4.90 Å². The highest BCUT2D eigenvalue weighted by Crippen LogP contribution is 2.60. The minimum absolute atomic E-state index is 0.0515. The topological polar surface area (TPSA) is 50.3 Å². The molecule has 20 heavy (non-hydrogen) atoms. The monoisotopic (exact) mass is 398 g/mol. The first-order chi connectivity index (χ1) is 9.61. The second-order valence-corrected chi connectivity index (χ2v) is 7.84. The number of anilines is 1. The minimum atomic E-state index is -0.161. The third kappa shape index (κ3) is 1.49. The quantitative estimate of drug-likeness (QED) is 0.538. The van der Waals surface area contributed by atoms with Crippen molar-refractivity contribution in [2.75, 3.05) is 4.90 Å². The highest BCUT2D eigenvalue weighted by molar-refractivity contribution is 9.12. The standard InChI is InChI=1S/C14H12Br2N2O2/c15-11-7-4-8(12(11)16)10-9(7)13(19)18(14(10)20)6-2-1-3-17-5-6/h1-3,5,7-12H,4H2/t7-,8-,9-,10+,11-,12+/m1/s1. The summed E-state index contributed by atoms with van der Waals surface area (Å²) in [6.07, 6.45) is 4.18. The number of carbonyl (C=O) groups excluding carboxylic acids is 2. The Kier molecular flexibility index (Phi) is 2.83. The summed E-state index contributed by atoms with van der Waals surface area (Å²) in [6.45, 7) is 0. The second kappa shape index (κ2) is 4.37. The van der Waals surface area contributed by atoms with Gasteiger partial charge in [0.25, 0.3) is 0 Å². The van der Waals surface area contributed by atoms with Crippen LogP contribution in [0.1, 0.15) is 6.42 Å². The molecule has 1 aliphatic heterocycles. The SMILES string of the molecule is O=C1[C@@H]2[C@H]3C[C@@H]([C@H](Br)[C@@H]3Br)[C@@H]2C(=O)N1c1cccnc1. The number of aromatic nitrogens is 1. The summed E-state index contributed by atoms with van der Waals surface area (Å²) in [5.74, 6) is 0.0884. The first-order valence-corrected chi connectivity index (χ1v) is 8.50. The first-order valence-electron chi connectivity index (χ1n) is 6.67. The number of amides is 2. The van der Waals surface area contributed by atoms with E-state index in [0.717, 1.165) is 6.42 Å². The number of carbonyl (C=O) groups is 2. The summed E-state index contributed by atoms with van der Waals surface area (Å²) < 4.78 is 0. The number of pyridine rings is 1. The molecular formula is C14H12Br2N2O2. The molecule has 0 spiro atoms. The number of halogens is 2. The van der Waals surface area contributed by atoms with Gasteiger partial charge in [-0.05, 0) is 30.4 Å². The molecule has 2 saturated carbocycles. The van der Waals surface area contributed by atoms with Gasteiger partial charge in [-0.1, -0.05) is 31.9 Å². The van der Waals surface area contributed by atoms with E-state index in [1.54, 1.807) is 24.5 Å². The fraction of sp³-hybridized carbons (Fsp3) is 0.500. The molecule has 104 valence electrons. The molecule has 3 aliphatic rings. The molecule has 0 unspecified atom stereocenters. The molecule has 4 nitrogen and oxygen atoms in total. The molecule has 0 aromatic carbocycles. The van der Waals surface area contributed by atoms with E-state index in [1.807, 2.05) is 0 Å². The molecule has 3 fully saturated rings. The van der Waals surface area contributed by atoms with E-state index < -0.39 is 0 Å². The van der Waals surface area contributed by atoms with Gasteiger partial charge in [0.2, 0.25) is 11.8 Å². The zero-order valence-electron chi connectivity index (χ0n) is 10.4. The van der Waals surface area contributed by atoms with Crippen LogP contribution in [0.2, 0.25) is 0 Å². The molecule has 4 rings (SSSR count). The largest absolute Gasteiger partial charge is 0.274 e. The van der Waals surface area contributed by atoms with Crippen molar-refractivity contribution in [2.24, 2.45) is 23.7 Å². The highest BCUT2D eigenvalue weighted by Gasteiger charge is 2.66. The van der Waals surface area contributed by atoms with Crippen LogP contribution in [0.3, 0.4) is 0 Å². The Morgan fingerprint density at radius 3 is 2.20 bits per heavy atom. The summed E-state index contributed by atoms with van der Waals surface area (Å²) in [4.78, 5) is 31.3. The van der Waals surface area contributed by atoms with Gasteiger partial charge in [-0.3, -0.25) is 14.6 Å². The highest BCUT2D eigenvalue weighted by atomic mass is 79.9. The molecular weight excluding hydrogens is 388 g/mol. The molecule has 0 radical (unpaired) electrons. The van der Waals surface area contributed by atoms with Crippen LogP contribution >= 0.6 is 31.9 Å². The van der Waals surface area contributed by atoms with E-state index >= 15 is 0 Å². The Bertz CT molecular complexity index is 562. The number of hydrogen-bond acceptors (Lipinski definition) is 3. The van der Waals surface area contributed by atoms with Crippen LogP contribution in [0, 0.1) is 23.7 Å². The van der Waals surface area contributed by atoms with Gasteiger partial charge in [-0.15, -0.1) is 0 Å². The summed E-state index contributed by atoms with van der Waals surface area (Å²) in [7, 11) is 0. The number of hydrogen-bond donors (Lipinski definition) is 0. The Labute approximate surface area is 133 Å². The predicted octanol–water partition coefficient (Wildman–Crippen LogP) is 2.36. The van der Waals surface area contributed by atoms with E-state index in [0.29, 0.717) is 5.69 Å². The molecule has 2 heterocycles. The number of fused-ring (bicyclic) bond motifs is 5. The minimum Gasteiger partial charge on any atom is -0.274 e. The van der Waals surface area contributed by atoms with Crippen molar-refractivity contribution in [2.45, 2.75) is 16.1 Å². The summed E-state index contributed by atoms with van der Waals surface area (Å²) >= 11 is 7.36. The lowest BCUT2D eigenvalue weighted by Crippen LogP contribution is -2.37. The Morgan fingerprint density at radius 1 is 1.10 bits per heavy atom. The molecule has 2 amide bonds. The van der Waals surface area contributed by atoms with Crippen molar-refractivity contribution in [3.63, 3.8) is 0 Å². The van der Waals surface area contributed by atoms with Crippen molar-refractivity contribution in [3.8, 4) is 0 Å². The lowest BCUT2D eigenvalue weighted by atomic mass is 9.81. The van der Waals surface area contributed by atoms with Crippen molar-refractivity contribution >= 4 is 49.4 Å². The third-order valence-corrected chi connectivity index (χ3v) is 8.10. The fourth-order valence-electron chi connectivity index (χ4n) is 4.09. The lowest BCUT2D eigenvalue weighted by Gasteiger charge is -2.28. The number of nitrogens with zero attached hydrogens (tertiary/aromatic N) is 2. The Morgan fingerprint density at radius 2 is 1.70 bits per heavy atom. The zero-order valence-corrected chi connectivity index (χ0v) is 13.6. The zero-order chi connectivity index (χ0) is 14.0. The van der Waals surface area contributed by atoms with Gasteiger partial charge in [0.05, 0.1) is 23.7 Å². The van der Waals surface area contributed by atoms with Crippen LogP contribution in [0.4, 0.5) is 5.69 Å². The van der Waals surface area contributed by atoms with E-state index in [1.165, 1.54) is 4.90 Å². The van der Waals surface area contributed by atoms with Gasteiger partial charge in [0, 0.05) is 15.9 Å². The smallest absolute Gasteiger partial charge is 0.238 e. The molecule has 1 aromatic rings. The van der Waals surface area contributed by atoms with Crippen LogP contribution in [0.5, 0.6) is 0 Å². The second-order valence-electron chi connectivity index (χ2n) is 5.73. The third-order valence-electron chi connectivity index (χ3n) is 4.89. The van der Waals surface area contributed by atoms with Crippen molar-refractivity contribution in [3.05, 3.63) is 24.5 Å². The maximum absolute atomic E-state index is 12.7. The van der Waals surface area contributed by atoms with E-state index in [-0.39, 0.29) is 45.1 Å². The lowest BCUT2D eigenvalue weighted by molar-refractivity contribution is -0.123. The van der Waals surface area contributed by atoms with Crippen molar-refractivity contribution in [1.29, 1.82) is 0 Å². The van der Waals surface area contributed by atoms with E-state index in [9.17, 15) is 9.59 Å². The first kappa shape index (κ1) is 13.0. The average Bonchev–Trinajstić information content (AvgIpc) is 3.05. The van der Waals surface area contributed by atoms with Gasteiger partial charge < -0.3 is 0 Å². The summed E-state index contributed by atoms with van der Waals surface area (Å²) in [6, 6.07) is 3.52. The fourth-order valence-corrected chi connectivity index (χ4v) is 5.96. The molecule has 2 aliphatic carbocycles. The molecule has 1 aromatic heterocycles. The maximum Gasteiger partial charge on any atom is 0.238 e. The molecule has 6 atom stereocenters. The number of imide groups is 1. The van der Waals surface area contributed by atoms with Crippen LogP contribution in [-0.4, -0.2) is 26.5 Å². The predicted molar refractivity (Wildman–Crippen MR) is 80.7 cm³/mol. The normalized spacial score (nSPS) is 42.4. The summed E-state index contributed by atoms with van der Waals surface area (Å²) in [5.41, 5.74) is 0.591. The van der Waals surface area contributed by atoms with E-state index in [2.05, 4.69) is 36.8 Å². The maximum atomic E-state index is 12.7. The molecule has 2 bridgehead atoms. The number of alkyl halides is 2. The molecule has 0 N–H and O–H groups in total. The van der Waals surface area contributed by atoms with Crippen LogP contribution in [0.15, 0.2) is 24.5 Å². The van der Waals surface area contributed by atoms with E-state index in [4.69, 9.17) is 0 Å². The van der Waals surface area contributed by atoms with Crippen LogP contribution in [0.25, 0.3) is 0 Å².